The normalized spacial score (nSPS) is 10.9. The number of amides is 1. The first-order chi connectivity index (χ1) is 13.8. The highest BCUT2D eigenvalue weighted by molar-refractivity contribution is 5.91. The van der Waals surface area contributed by atoms with E-state index in [9.17, 15) is 4.79 Å². The van der Waals surface area contributed by atoms with E-state index in [4.69, 9.17) is 4.74 Å². The van der Waals surface area contributed by atoms with Crippen molar-refractivity contribution < 1.29 is 9.53 Å². The number of carbonyl (C=O) groups is 1. The van der Waals surface area contributed by atoms with Gasteiger partial charge in [0.1, 0.15) is 5.75 Å². The summed E-state index contributed by atoms with van der Waals surface area (Å²) in [6, 6.07) is 28.4. The molecule has 0 aliphatic rings. The van der Waals surface area contributed by atoms with Crippen LogP contribution < -0.4 is 10.1 Å². The van der Waals surface area contributed by atoms with E-state index in [-0.39, 0.29) is 11.8 Å². The van der Waals surface area contributed by atoms with Crippen molar-refractivity contribution >= 4 is 12.0 Å². The molecule has 0 aromatic heterocycles. The minimum Gasteiger partial charge on any atom is -0.497 e. The molecule has 0 bridgehead atoms. The van der Waals surface area contributed by atoms with E-state index < -0.39 is 0 Å². The highest BCUT2D eigenvalue weighted by Crippen LogP contribution is 2.27. The second kappa shape index (κ2) is 10.1. The van der Waals surface area contributed by atoms with Gasteiger partial charge >= 0.3 is 0 Å². The molecular formula is C25H25NO2. The number of hydrogen-bond acceptors (Lipinski definition) is 2. The Kier molecular flexibility index (Phi) is 7.02. The predicted octanol–water partition coefficient (Wildman–Crippen LogP) is 5.05. The molecule has 0 aliphatic heterocycles. The van der Waals surface area contributed by atoms with Gasteiger partial charge in [0.15, 0.2) is 0 Å². The van der Waals surface area contributed by atoms with E-state index in [2.05, 4.69) is 53.8 Å². The van der Waals surface area contributed by atoms with Crippen LogP contribution in [0, 0.1) is 0 Å². The van der Waals surface area contributed by atoms with Gasteiger partial charge in [-0.2, -0.15) is 0 Å². The van der Waals surface area contributed by atoms with Gasteiger partial charge in [-0.25, -0.2) is 0 Å². The Bertz CT molecular complexity index is 847. The van der Waals surface area contributed by atoms with Crippen LogP contribution in [0.3, 0.4) is 0 Å². The maximum Gasteiger partial charge on any atom is 0.243 e. The standard InChI is InChI=1S/C25H25NO2/c1-28-23-15-12-20(13-16-23)14-17-25(27)26-19-18-24(21-8-4-2-5-9-21)22-10-6-3-7-11-22/h2-17,24H,18-19H2,1H3,(H,26,27)/b17-14+. The van der Waals surface area contributed by atoms with E-state index in [1.54, 1.807) is 19.3 Å². The molecule has 3 aromatic rings. The molecule has 1 amide bonds. The number of carbonyl (C=O) groups excluding carboxylic acids is 1. The van der Waals surface area contributed by atoms with E-state index >= 15 is 0 Å². The first-order valence-electron chi connectivity index (χ1n) is 9.46. The van der Waals surface area contributed by atoms with Crippen LogP contribution in [0.1, 0.15) is 29.0 Å². The molecule has 3 aromatic carbocycles. The lowest BCUT2D eigenvalue weighted by Crippen LogP contribution is -2.23. The summed E-state index contributed by atoms with van der Waals surface area (Å²) in [7, 11) is 1.64. The Morgan fingerprint density at radius 1 is 0.893 bits per heavy atom. The minimum atomic E-state index is -0.0873. The van der Waals surface area contributed by atoms with Crippen LogP contribution in [-0.2, 0) is 4.79 Å². The summed E-state index contributed by atoms with van der Waals surface area (Å²) >= 11 is 0. The minimum absolute atomic E-state index is 0.0873. The molecule has 3 rings (SSSR count). The third-order valence-corrected chi connectivity index (χ3v) is 4.68. The van der Waals surface area contributed by atoms with Gasteiger partial charge in [-0.05, 0) is 41.3 Å². The Labute approximate surface area is 166 Å². The summed E-state index contributed by atoms with van der Waals surface area (Å²) in [6.45, 7) is 0.611. The second-order valence-corrected chi connectivity index (χ2v) is 6.56. The molecule has 0 fully saturated rings. The van der Waals surface area contributed by atoms with Gasteiger partial charge in [-0.3, -0.25) is 4.79 Å². The van der Waals surface area contributed by atoms with Crippen molar-refractivity contribution in [2.45, 2.75) is 12.3 Å². The van der Waals surface area contributed by atoms with Crippen LogP contribution in [0.5, 0.6) is 5.75 Å². The first kappa shape index (κ1) is 19.4. The summed E-state index contributed by atoms with van der Waals surface area (Å²) in [5.41, 5.74) is 3.48. The molecule has 28 heavy (non-hydrogen) atoms. The molecular weight excluding hydrogens is 346 g/mol. The SMILES string of the molecule is COc1ccc(/C=C/C(=O)NCCC(c2ccccc2)c2ccccc2)cc1. The van der Waals surface area contributed by atoms with Crippen molar-refractivity contribution in [1.82, 2.24) is 5.32 Å². The topological polar surface area (TPSA) is 38.3 Å². The molecule has 3 heteroatoms. The monoisotopic (exact) mass is 371 g/mol. The average Bonchev–Trinajstić information content (AvgIpc) is 2.77. The third-order valence-electron chi connectivity index (χ3n) is 4.68. The number of rotatable bonds is 8. The molecule has 0 heterocycles. The van der Waals surface area contributed by atoms with Crippen molar-refractivity contribution in [1.29, 1.82) is 0 Å². The zero-order valence-electron chi connectivity index (χ0n) is 16.0. The van der Waals surface area contributed by atoms with Gasteiger partial charge in [0.25, 0.3) is 0 Å². The van der Waals surface area contributed by atoms with Crippen LogP contribution in [-0.4, -0.2) is 19.6 Å². The highest BCUT2D eigenvalue weighted by Gasteiger charge is 2.13. The van der Waals surface area contributed by atoms with Gasteiger partial charge in [-0.1, -0.05) is 72.8 Å². The fourth-order valence-corrected chi connectivity index (χ4v) is 3.18. The number of nitrogens with one attached hydrogen (secondary N) is 1. The zero-order chi connectivity index (χ0) is 19.6. The molecule has 3 nitrogen and oxygen atoms in total. The lowest BCUT2D eigenvalue weighted by Gasteiger charge is -2.18. The molecule has 1 N–H and O–H groups in total. The molecule has 0 radical (unpaired) electrons. The molecule has 0 atom stereocenters. The molecule has 0 saturated heterocycles. The van der Waals surface area contributed by atoms with Crippen molar-refractivity contribution in [3.63, 3.8) is 0 Å². The first-order valence-corrected chi connectivity index (χ1v) is 9.46. The largest absolute Gasteiger partial charge is 0.497 e. The molecule has 142 valence electrons. The van der Waals surface area contributed by atoms with Crippen LogP contribution >= 0.6 is 0 Å². The van der Waals surface area contributed by atoms with Gasteiger partial charge < -0.3 is 10.1 Å². The van der Waals surface area contributed by atoms with E-state index in [1.165, 1.54) is 11.1 Å². The molecule has 0 spiro atoms. The number of hydrogen-bond donors (Lipinski definition) is 1. The van der Waals surface area contributed by atoms with Crippen molar-refractivity contribution in [3.05, 3.63) is 108 Å². The smallest absolute Gasteiger partial charge is 0.243 e. The Morgan fingerprint density at radius 2 is 1.46 bits per heavy atom. The van der Waals surface area contributed by atoms with Crippen molar-refractivity contribution in [2.75, 3.05) is 13.7 Å². The average molecular weight is 371 g/mol. The summed E-state index contributed by atoms with van der Waals surface area (Å²) in [5.74, 6) is 0.971. The van der Waals surface area contributed by atoms with Gasteiger partial charge in [0.2, 0.25) is 5.91 Å². The lowest BCUT2D eigenvalue weighted by molar-refractivity contribution is -0.116. The summed E-state index contributed by atoms with van der Waals surface area (Å²) in [5, 5.41) is 3.00. The van der Waals surface area contributed by atoms with Crippen LogP contribution in [0.25, 0.3) is 6.08 Å². The van der Waals surface area contributed by atoms with Crippen LogP contribution in [0.2, 0.25) is 0 Å². The maximum atomic E-state index is 12.2. The quantitative estimate of drug-likeness (QED) is 0.563. The maximum absolute atomic E-state index is 12.2. The molecule has 0 saturated carbocycles. The fraction of sp³-hybridized carbons (Fsp3) is 0.160. The predicted molar refractivity (Wildman–Crippen MR) is 114 cm³/mol. The summed E-state index contributed by atoms with van der Waals surface area (Å²) < 4.78 is 5.14. The van der Waals surface area contributed by atoms with E-state index in [1.807, 2.05) is 36.4 Å². The fourth-order valence-electron chi connectivity index (χ4n) is 3.18. The Hall–Kier alpha value is -3.33. The number of ether oxygens (including phenoxy) is 1. The Morgan fingerprint density at radius 3 is 2.00 bits per heavy atom. The van der Waals surface area contributed by atoms with E-state index in [0.29, 0.717) is 6.54 Å². The van der Waals surface area contributed by atoms with Gasteiger partial charge in [0, 0.05) is 18.5 Å². The highest BCUT2D eigenvalue weighted by atomic mass is 16.5. The van der Waals surface area contributed by atoms with Crippen LogP contribution in [0.15, 0.2) is 91.0 Å². The molecule has 0 unspecified atom stereocenters. The van der Waals surface area contributed by atoms with Gasteiger partial charge in [-0.15, -0.1) is 0 Å². The summed E-state index contributed by atoms with van der Waals surface area (Å²) in [6.07, 6.45) is 4.22. The second-order valence-electron chi connectivity index (χ2n) is 6.56. The Balaban J connectivity index is 1.57. The molecule has 0 aliphatic carbocycles. The zero-order valence-corrected chi connectivity index (χ0v) is 16.0. The number of benzene rings is 3. The lowest BCUT2D eigenvalue weighted by atomic mass is 9.88. The van der Waals surface area contributed by atoms with Gasteiger partial charge in [0.05, 0.1) is 7.11 Å². The van der Waals surface area contributed by atoms with Crippen molar-refractivity contribution in [3.8, 4) is 5.75 Å². The van der Waals surface area contributed by atoms with Crippen LogP contribution in [0.4, 0.5) is 0 Å². The number of methoxy groups -OCH3 is 1. The van der Waals surface area contributed by atoms with E-state index in [0.717, 1.165) is 17.7 Å². The third kappa shape index (κ3) is 5.58. The summed E-state index contributed by atoms with van der Waals surface area (Å²) in [4.78, 5) is 12.2. The van der Waals surface area contributed by atoms with Crippen molar-refractivity contribution in [2.24, 2.45) is 0 Å².